The standard InChI is InChI=1S/Ar.Hg.Na.Ne.H/q;;+1;;-1. The van der Waals surface area contributed by atoms with Gasteiger partial charge >= 0.3 is 29.6 Å². The molecule has 0 aromatic rings. The fourth-order valence-electron chi connectivity index (χ4n) is 0. The maximum absolute atomic E-state index is 0. The first kappa shape index (κ1) is 27.5. The van der Waals surface area contributed by atoms with Crippen LogP contribution in [-0.4, -0.2) is 0 Å². The molecule has 0 bridgehead atoms. The molecule has 0 atom stereocenters. The van der Waals surface area contributed by atoms with E-state index in [1.165, 1.54) is 0 Å². The van der Waals surface area contributed by atoms with Gasteiger partial charge in [-0.3, -0.25) is 0 Å². The summed E-state index contributed by atoms with van der Waals surface area (Å²) in [5.74, 6) is 0. The Morgan fingerprint density at radius 2 is 1.25 bits per heavy atom. The summed E-state index contributed by atoms with van der Waals surface area (Å²) in [5, 5.41) is 0. The van der Waals surface area contributed by atoms with Gasteiger partial charge in [0.1, 0.15) is 0 Å². The Morgan fingerprint density at radius 3 is 1.25 bits per heavy atom. The predicted octanol–water partition coefficient (Wildman–Crippen LogP) is -2.89. The van der Waals surface area contributed by atoms with Crippen LogP contribution in [0.15, 0.2) is 0 Å². The van der Waals surface area contributed by atoms with Gasteiger partial charge in [-0.15, -0.1) is 0 Å². The summed E-state index contributed by atoms with van der Waals surface area (Å²) in [6.07, 6.45) is 0. The molecule has 4 heavy (non-hydrogen) atoms. The van der Waals surface area contributed by atoms with Gasteiger partial charge in [-0.05, 0) is 0 Å². The van der Waals surface area contributed by atoms with Crippen molar-refractivity contribution in [2.24, 2.45) is 0 Å². The van der Waals surface area contributed by atoms with E-state index in [1.54, 1.807) is 0 Å². The van der Waals surface area contributed by atoms with Crippen molar-refractivity contribution in [2.45, 2.75) is 0 Å². The topological polar surface area (TPSA) is 0 Å². The average molecular weight is 285 g/mol. The van der Waals surface area contributed by atoms with Crippen LogP contribution in [-0.2, 0) is 27.7 Å². The molecule has 0 N–H and O–H groups in total. The Bertz CT molecular complexity index is 11.6. The van der Waals surface area contributed by atoms with Gasteiger partial charge in [0.2, 0.25) is 0 Å². The molecule has 0 amide bonds. The first-order valence-electron chi connectivity index (χ1n) is 0. The van der Waals surface area contributed by atoms with E-state index in [1.807, 2.05) is 0 Å². The van der Waals surface area contributed by atoms with E-state index in [9.17, 15) is 0 Å². The second-order valence-corrected chi connectivity index (χ2v) is 0. The van der Waals surface area contributed by atoms with E-state index in [-0.39, 0.29) is 103 Å². The van der Waals surface area contributed by atoms with E-state index in [0.717, 1.165) is 0 Å². The number of hydrogen-bond acceptors (Lipinski definition) is 0. The zero-order valence-corrected chi connectivity index (χ0v) is 10.6. The van der Waals surface area contributed by atoms with Gasteiger partial charge in [0.25, 0.3) is 0 Å². The molecule has 0 aliphatic heterocycles. The van der Waals surface area contributed by atoms with Crippen LogP contribution in [0.5, 0.6) is 0 Å². The van der Waals surface area contributed by atoms with E-state index in [4.69, 9.17) is 0 Å². The van der Waals surface area contributed by atoms with Crippen LogP contribution in [0.25, 0.3) is 0 Å². The summed E-state index contributed by atoms with van der Waals surface area (Å²) in [6.45, 7) is 0. The van der Waals surface area contributed by atoms with Gasteiger partial charge in [-0.2, -0.15) is 0 Å². The van der Waals surface area contributed by atoms with Gasteiger partial charge in [0.05, 0.1) is 0 Å². The SMILES string of the molecule is [Ar].[H-].[Hg].[Na+].[Ne]. The van der Waals surface area contributed by atoms with Crippen LogP contribution in [0.2, 0.25) is 0 Å². The van der Waals surface area contributed by atoms with Gasteiger partial charge in [-0.1, -0.05) is 0 Å². The number of rotatable bonds is 0. The van der Waals surface area contributed by atoms with Crippen molar-refractivity contribution in [1.29, 1.82) is 0 Å². The Hall–Kier alpha value is 3.10. The van der Waals surface area contributed by atoms with Crippen LogP contribution in [0, 0.1) is 43.9 Å². The van der Waals surface area contributed by atoms with Crippen LogP contribution in [0.1, 0.15) is 1.43 Å². The number of hydrogen-bond donors (Lipinski definition) is 0. The van der Waals surface area contributed by atoms with Crippen molar-refractivity contribution in [3.8, 4) is 0 Å². The minimum atomic E-state index is 0. The fourth-order valence-corrected chi connectivity index (χ4v) is 0. The normalized spacial score (nSPS) is 0. The molecule has 20 valence electrons. The molecule has 0 nitrogen and oxygen atoms in total. The summed E-state index contributed by atoms with van der Waals surface area (Å²) in [7, 11) is 0. The Labute approximate surface area is 100 Å². The second-order valence-electron chi connectivity index (χ2n) is 0. The largest absolute Gasteiger partial charge is 1.00 e. The molecule has 4 heteroatoms. The Balaban J connectivity index is 0. The maximum atomic E-state index is 0. The van der Waals surface area contributed by atoms with E-state index in [2.05, 4.69) is 0 Å². The van der Waals surface area contributed by atoms with Crippen LogP contribution < -0.4 is 29.6 Å². The molecule has 0 aromatic carbocycles. The summed E-state index contributed by atoms with van der Waals surface area (Å²) < 4.78 is 0. The summed E-state index contributed by atoms with van der Waals surface area (Å²) in [5.41, 5.74) is 0. The van der Waals surface area contributed by atoms with Crippen molar-refractivity contribution in [3.05, 3.63) is 0 Å². The molecule has 0 aliphatic rings. The van der Waals surface area contributed by atoms with Crippen LogP contribution in [0.3, 0.4) is 0 Å². The fraction of sp³-hybridized carbons (Fsp3) is 0. The zero-order valence-electron chi connectivity index (χ0n) is 3.41. The minimum absolute atomic E-state index is 0. The zero-order chi connectivity index (χ0) is 0. The Morgan fingerprint density at radius 1 is 1.25 bits per heavy atom. The molecule has 0 heterocycles. The second kappa shape index (κ2) is 16.5. The monoisotopic (exact) mass is 286 g/mol. The summed E-state index contributed by atoms with van der Waals surface area (Å²) in [4.78, 5) is 0. The molecule has 0 spiro atoms. The van der Waals surface area contributed by atoms with Gasteiger partial charge in [0.15, 0.2) is 0 Å². The van der Waals surface area contributed by atoms with Crippen molar-refractivity contribution in [1.82, 2.24) is 0 Å². The smallest absolute Gasteiger partial charge is 1.00 e. The molecule has 0 saturated heterocycles. The molecule has 0 radical (unpaired) electrons. The van der Waals surface area contributed by atoms with E-state index >= 15 is 0 Å². The summed E-state index contributed by atoms with van der Waals surface area (Å²) >= 11 is 0. The molecule has 0 saturated carbocycles. The van der Waals surface area contributed by atoms with Gasteiger partial charge in [0, 0.05) is 71.6 Å². The van der Waals surface area contributed by atoms with Crippen LogP contribution >= 0.6 is 0 Å². The molecule has 0 unspecified atom stereocenters. The van der Waals surface area contributed by atoms with Crippen LogP contribution in [0.4, 0.5) is 0 Å². The van der Waals surface area contributed by atoms with E-state index in [0.29, 0.717) is 0 Å². The first-order chi connectivity index (χ1) is 0. The third-order valence-electron chi connectivity index (χ3n) is 0. The molecular weight excluding hydrogens is 284 g/mol. The third kappa shape index (κ3) is 8.92. The van der Waals surface area contributed by atoms with Gasteiger partial charge < -0.3 is 1.43 Å². The molecular formula is HArHgNaNe. The van der Waals surface area contributed by atoms with Crippen molar-refractivity contribution < 1.29 is 103 Å². The average Bonchev–Trinajstić information content (AvgIpc) is 0. The third-order valence-corrected chi connectivity index (χ3v) is 0. The van der Waals surface area contributed by atoms with Crippen molar-refractivity contribution in [3.63, 3.8) is 0 Å². The Kier molecular flexibility index (Phi) is 113. The van der Waals surface area contributed by atoms with Crippen molar-refractivity contribution in [2.75, 3.05) is 0 Å². The molecule has 0 aromatic heterocycles. The van der Waals surface area contributed by atoms with Gasteiger partial charge in [-0.25, -0.2) is 0 Å². The van der Waals surface area contributed by atoms with Crippen molar-refractivity contribution >= 4 is 0 Å². The predicted molar refractivity (Wildman–Crippen MR) is 1.11 cm³/mol. The minimum Gasteiger partial charge on any atom is -1.00 e. The molecule has 0 aliphatic carbocycles. The quantitative estimate of drug-likeness (QED) is 0.419. The first-order valence-corrected chi connectivity index (χ1v) is 0. The van der Waals surface area contributed by atoms with E-state index < -0.39 is 0 Å². The summed E-state index contributed by atoms with van der Waals surface area (Å²) in [6, 6.07) is 0. The molecule has 0 rings (SSSR count). The maximum Gasteiger partial charge on any atom is 1.00 e. The molecule has 0 fully saturated rings.